The molecular formula is C40H76N4O7. The number of piperidine rings is 1. The minimum atomic E-state index is -0.930. The number of fused-ring (bicyclic) bond motifs is 1. The van der Waals surface area contributed by atoms with Gasteiger partial charge in [0.15, 0.2) is 5.78 Å². The van der Waals surface area contributed by atoms with Crippen LogP contribution in [-0.2, 0) is 23.9 Å². The molecule has 51 heavy (non-hydrogen) atoms. The molecule has 0 radical (unpaired) electrons. The van der Waals surface area contributed by atoms with Crippen LogP contribution in [0.3, 0.4) is 0 Å². The molecule has 298 valence electrons. The Kier molecular flexibility index (Phi) is 26.9. The number of ketones is 1. The van der Waals surface area contributed by atoms with Crippen LogP contribution in [0.25, 0.3) is 0 Å². The molecule has 11 nitrogen and oxygen atoms in total. The summed E-state index contributed by atoms with van der Waals surface area (Å²) in [5.41, 5.74) is -0.437. The van der Waals surface area contributed by atoms with Gasteiger partial charge in [-0.3, -0.25) is 14.4 Å². The highest BCUT2D eigenvalue weighted by atomic mass is 16.7. The first-order valence-corrected chi connectivity index (χ1v) is 19.1. The Balaban J connectivity index is -0.00000186. The largest absolute Gasteiger partial charge is 0.508 e. The smallest absolute Gasteiger partial charge is 0.438 e. The Morgan fingerprint density at radius 3 is 1.88 bits per heavy atom. The number of Topliss-reactive ketones (excluding diaryl/α,β-unsaturated/α-hetero) is 1. The lowest BCUT2D eigenvalue weighted by atomic mass is 9.85. The zero-order chi connectivity index (χ0) is 40.7. The number of carbonyl (C=O) groups is 5. The van der Waals surface area contributed by atoms with Gasteiger partial charge in [0.25, 0.3) is 0 Å². The van der Waals surface area contributed by atoms with Crippen LogP contribution in [-0.4, -0.2) is 79.1 Å². The minimum absolute atomic E-state index is 0.0290. The highest BCUT2D eigenvalue weighted by molar-refractivity contribution is 5.97. The number of hydrogen-bond acceptors (Lipinski definition) is 7. The van der Waals surface area contributed by atoms with Crippen LogP contribution in [0, 0.1) is 22.7 Å². The van der Waals surface area contributed by atoms with Crippen LogP contribution in [0.5, 0.6) is 0 Å². The van der Waals surface area contributed by atoms with E-state index in [0.717, 1.165) is 12.8 Å². The van der Waals surface area contributed by atoms with Gasteiger partial charge in [0.1, 0.15) is 18.7 Å². The SMILES string of the molecule is C=C(C(C)=O)C(CCC)NC(=O)C1[C@@H]2[C@H](CN1C(=O)C(NC(=O)N[C@@H](CC)COC(=O)OC)C(C)(C)C)C2(C)C.C=CCCC.CC.CC.CC. The van der Waals surface area contributed by atoms with Gasteiger partial charge in [-0.05, 0) is 48.9 Å². The predicted molar refractivity (Wildman–Crippen MR) is 209 cm³/mol. The maximum Gasteiger partial charge on any atom is 0.508 e. The lowest BCUT2D eigenvalue weighted by Gasteiger charge is -2.38. The molecule has 1 aliphatic carbocycles. The average Bonchev–Trinajstić information content (AvgIpc) is 3.40. The first-order chi connectivity index (χ1) is 23.9. The molecule has 6 atom stereocenters. The van der Waals surface area contributed by atoms with Gasteiger partial charge in [-0.15, -0.1) is 6.58 Å². The third-order valence-electron chi connectivity index (χ3n) is 8.81. The van der Waals surface area contributed by atoms with Crippen molar-refractivity contribution >= 4 is 29.8 Å². The summed E-state index contributed by atoms with van der Waals surface area (Å²) in [6.07, 6.45) is 5.25. The number of rotatable bonds is 14. The molecule has 0 spiro atoms. The minimum Gasteiger partial charge on any atom is -0.438 e. The fourth-order valence-electron chi connectivity index (χ4n) is 5.80. The van der Waals surface area contributed by atoms with Crippen molar-refractivity contribution in [2.75, 3.05) is 20.3 Å². The van der Waals surface area contributed by atoms with Crippen LogP contribution in [0.2, 0.25) is 0 Å². The first kappa shape index (κ1) is 52.0. The second kappa shape index (κ2) is 26.4. The van der Waals surface area contributed by atoms with E-state index in [-0.39, 0.29) is 41.5 Å². The summed E-state index contributed by atoms with van der Waals surface area (Å²) >= 11 is 0. The Hall–Kier alpha value is -3.37. The van der Waals surface area contributed by atoms with E-state index in [9.17, 15) is 24.0 Å². The van der Waals surface area contributed by atoms with Crippen LogP contribution in [0.4, 0.5) is 9.59 Å². The van der Waals surface area contributed by atoms with Gasteiger partial charge in [0.2, 0.25) is 11.8 Å². The van der Waals surface area contributed by atoms with Gasteiger partial charge in [-0.1, -0.05) is 122 Å². The normalized spacial score (nSPS) is 19.2. The van der Waals surface area contributed by atoms with E-state index in [4.69, 9.17) is 4.74 Å². The number of likely N-dealkylation sites (tertiary alicyclic amines) is 1. The summed E-state index contributed by atoms with van der Waals surface area (Å²) in [6, 6.07) is -3.23. The Bertz CT molecular complexity index is 1080. The number of nitrogens with one attached hydrogen (secondary N) is 3. The van der Waals surface area contributed by atoms with E-state index in [1.807, 2.05) is 82.2 Å². The first-order valence-electron chi connectivity index (χ1n) is 19.1. The standard InChI is InChI=1S/C29H48N4O7.C5H10.3C2H6/c1-11-13-20(16(3)17(4)34)31-24(35)22-21-19(29(21,8)9)14-33(22)25(36)23(28(5,6)7)32-26(37)30-18(12-2)15-40-27(38)39-10;1-3-5-4-2;3*1-2/h18-23H,3,11-15H2,1-2,4-10H3,(H,31,35)(H2,30,32,37);3H,1,4-5H2,2H3;3*1-2H3/t18-,19-,20?,21-,22?,23?;;;;/m0..../s1. The van der Waals surface area contributed by atoms with Crippen molar-refractivity contribution in [1.29, 1.82) is 0 Å². The van der Waals surface area contributed by atoms with E-state index >= 15 is 0 Å². The van der Waals surface area contributed by atoms with E-state index in [0.29, 0.717) is 25.0 Å². The summed E-state index contributed by atoms with van der Waals surface area (Å²) in [5, 5.41) is 8.54. The number of hydrogen-bond donors (Lipinski definition) is 3. The zero-order valence-corrected chi connectivity index (χ0v) is 35.2. The van der Waals surface area contributed by atoms with Gasteiger partial charge in [0, 0.05) is 12.1 Å². The summed E-state index contributed by atoms with van der Waals surface area (Å²) < 4.78 is 9.42. The van der Waals surface area contributed by atoms with Crippen LogP contribution in [0.1, 0.15) is 136 Å². The number of amides is 4. The van der Waals surface area contributed by atoms with Crippen LogP contribution >= 0.6 is 0 Å². The zero-order valence-electron chi connectivity index (χ0n) is 35.2. The topological polar surface area (TPSA) is 143 Å². The molecule has 1 saturated heterocycles. The van der Waals surface area contributed by atoms with E-state index < -0.39 is 41.8 Å². The van der Waals surface area contributed by atoms with Gasteiger partial charge in [-0.25, -0.2) is 9.59 Å². The molecule has 0 aromatic rings. The molecule has 2 rings (SSSR count). The fraction of sp³-hybridized carbons (Fsp3) is 0.775. The van der Waals surface area contributed by atoms with Gasteiger partial charge in [-0.2, -0.15) is 0 Å². The molecule has 1 aliphatic heterocycles. The van der Waals surface area contributed by atoms with E-state index in [1.165, 1.54) is 20.5 Å². The molecule has 2 fully saturated rings. The predicted octanol–water partition coefficient (Wildman–Crippen LogP) is 8.23. The van der Waals surface area contributed by atoms with Crippen molar-refractivity contribution in [3.05, 3.63) is 24.8 Å². The van der Waals surface area contributed by atoms with Crippen LogP contribution in [0.15, 0.2) is 24.8 Å². The lowest BCUT2D eigenvalue weighted by molar-refractivity contribution is -0.144. The molecular weight excluding hydrogens is 648 g/mol. The molecule has 1 heterocycles. The number of carbonyl (C=O) groups excluding carboxylic acids is 5. The Morgan fingerprint density at radius 1 is 0.941 bits per heavy atom. The van der Waals surface area contributed by atoms with Crippen LogP contribution < -0.4 is 16.0 Å². The highest BCUT2D eigenvalue weighted by Crippen LogP contribution is 2.65. The maximum absolute atomic E-state index is 14.0. The van der Waals surface area contributed by atoms with Crippen molar-refractivity contribution in [3.63, 3.8) is 0 Å². The average molecular weight is 725 g/mol. The molecule has 0 aromatic heterocycles. The number of methoxy groups -OCH3 is 1. The second-order valence-corrected chi connectivity index (χ2v) is 13.7. The number of ether oxygens (including phenoxy) is 2. The summed E-state index contributed by atoms with van der Waals surface area (Å²) in [7, 11) is 1.20. The fourth-order valence-corrected chi connectivity index (χ4v) is 5.80. The molecule has 11 heteroatoms. The third-order valence-corrected chi connectivity index (χ3v) is 8.81. The van der Waals surface area contributed by atoms with Crippen molar-refractivity contribution in [2.24, 2.45) is 22.7 Å². The number of nitrogens with zero attached hydrogens (tertiary/aromatic N) is 1. The number of unbranched alkanes of at least 4 members (excludes halogenated alkanes) is 1. The second-order valence-electron chi connectivity index (χ2n) is 13.7. The Morgan fingerprint density at radius 2 is 1.49 bits per heavy atom. The summed E-state index contributed by atoms with van der Waals surface area (Å²) in [5.74, 6) is -0.716. The number of urea groups is 1. The third kappa shape index (κ3) is 16.7. The van der Waals surface area contributed by atoms with Gasteiger partial charge >= 0.3 is 12.2 Å². The molecule has 3 unspecified atom stereocenters. The van der Waals surface area contributed by atoms with Crippen molar-refractivity contribution < 1.29 is 33.4 Å². The molecule has 0 bridgehead atoms. The van der Waals surface area contributed by atoms with E-state index in [2.05, 4.69) is 54.6 Å². The van der Waals surface area contributed by atoms with Crippen molar-refractivity contribution in [2.45, 2.75) is 160 Å². The van der Waals surface area contributed by atoms with Gasteiger partial charge in [0.05, 0.1) is 19.2 Å². The van der Waals surface area contributed by atoms with E-state index in [1.54, 1.807) is 4.90 Å². The molecule has 4 amide bonds. The maximum atomic E-state index is 14.0. The molecule has 2 aliphatic rings. The van der Waals surface area contributed by atoms with Crippen molar-refractivity contribution in [3.8, 4) is 0 Å². The summed E-state index contributed by atoms with van der Waals surface area (Å²) in [6.45, 7) is 36.8. The molecule has 0 aromatic carbocycles. The quantitative estimate of drug-likeness (QED) is 0.0931. The Labute approximate surface area is 311 Å². The number of allylic oxidation sites excluding steroid dienone is 1. The lowest BCUT2D eigenvalue weighted by Crippen LogP contribution is -2.61. The highest BCUT2D eigenvalue weighted by Gasteiger charge is 2.69. The molecule has 3 N–H and O–H groups in total. The molecule has 1 saturated carbocycles. The monoisotopic (exact) mass is 725 g/mol. The van der Waals surface area contributed by atoms with Crippen molar-refractivity contribution in [1.82, 2.24) is 20.9 Å². The summed E-state index contributed by atoms with van der Waals surface area (Å²) in [4.78, 5) is 65.6. The van der Waals surface area contributed by atoms with Gasteiger partial charge < -0.3 is 30.3 Å².